The Labute approximate surface area is 159 Å². The normalized spacial score (nSPS) is 11.2. The third-order valence-electron chi connectivity index (χ3n) is 4.05. The van der Waals surface area contributed by atoms with Crippen LogP contribution in [0.2, 0.25) is 5.02 Å². The van der Waals surface area contributed by atoms with E-state index in [4.69, 9.17) is 11.6 Å². The van der Waals surface area contributed by atoms with Crippen LogP contribution in [0.25, 0.3) is 16.6 Å². The zero-order valence-electron chi connectivity index (χ0n) is 13.9. The molecule has 0 atom stereocenters. The van der Waals surface area contributed by atoms with Gasteiger partial charge in [0.25, 0.3) is 0 Å². The van der Waals surface area contributed by atoms with Gasteiger partial charge in [0.05, 0.1) is 22.0 Å². The molecule has 130 valence electrons. The van der Waals surface area contributed by atoms with Crippen LogP contribution in [0.15, 0.2) is 59.8 Å². The van der Waals surface area contributed by atoms with Crippen LogP contribution in [0, 0.1) is 6.92 Å². The van der Waals surface area contributed by atoms with E-state index in [0.717, 1.165) is 22.1 Å². The maximum absolute atomic E-state index is 12.3. The fourth-order valence-electron chi connectivity index (χ4n) is 2.85. The number of halogens is 1. The lowest BCUT2D eigenvalue weighted by molar-refractivity contribution is -0.113. The number of aryl methyl sites for hydroxylation is 1. The second-order valence-corrected chi connectivity index (χ2v) is 7.19. The van der Waals surface area contributed by atoms with Gasteiger partial charge in [-0.05, 0) is 36.8 Å². The van der Waals surface area contributed by atoms with Crippen molar-refractivity contribution in [3.63, 3.8) is 0 Å². The molecule has 0 saturated heterocycles. The second kappa shape index (κ2) is 6.97. The van der Waals surface area contributed by atoms with E-state index >= 15 is 0 Å². The predicted molar refractivity (Wildman–Crippen MR) is 106 cm³/mol. The van der Waals surface area contributed by atoms with Gasteiger partial charge in [-0.15, -0.1) is 10.2 Å². The number of carbonyl (C=O) groups is 1. The summed E-state index contributed by atoms with van der Waals surface area (Å²) in [6, 6.07) is 17.3. The lowest BCUT2D eigenvalue weighted by Gasteiger charge is -2.08. The summed E-state index contributed by atoms with van der Waals surface area (Å²) in [5.74, 6) is 0.0741. The quantitative estimate of drug-likeness (QED) is 0.525. The Morgan fingerprint density at radius 3 is 2.77 bits per heavy atom. The molecule has 1 N–H and O–H groups in total. The number of nitrogens with zero attached hydrogens (tertiary/aromatic N) is 3. The topological polar surface area (TPSA) is 59.3 Å². The van der Waals surface area contributed by atoms with Gasteiger partial charge < -0.3 is 5.32 Å². The maximum Gasteiger partial charge on any atom is 0.234 e. The third kappa shape index (κ3) is 3.13. The first-order chi connectivity index (χ1) is 12.6. The molecule has 0 spiro atoms. The Hall–Kier alpha value is -2.57. The van der Waals surface area contributed by atoms with Crippen LogP contribution in [-0.2, 0) is 4.79 Å². The van der Waals surface area contributed by atoms with Crippen LogP contribution in [0.4, 0.5) is 5.69 Å². The largest absolute Gasteiger partial charge is 0.324 e. The molecule has 2 aromatic heterocycles. The summed E-state index contributed by atoms with van der Waals surface area (Å²) in [6.45, 7) is 2.06. The molecular formula is C19H15ClN4OS. The van der Waals surface area contributed by atoms with E-state index in [2.05, 4.69) is 28.5 Å². The van der Waals surface area contributed by atoms with Crippen molar-refractivity contribution in [2.45, 2.75) is 12.1 Å². The van der Waals surface area contributed by atoms with E-state index in [1.165, 1.54) is 11.8 Å². The van der Waals surface area contributed by atoms with Gasteiger partial charge in [0.15, 0.2) is 10.8 Å². The molecule has 1 amide bonds. The highest BCUT2D eigenvalue weighted by Gasteiger charge is 2.13. The minimum atomic E-state index is -0.142. The molecule has 0 fully saturated rings. The molecule has 0 saturated carbocycles. The van der Waals surface area contributed by atoms with Gasteiger partial charge in [0.2, 0.25) is 5.91 Å². The number of thioether (sulfide) groups is 1. The fraction of sp³-hybridized carbons (Fsp3) is 0.105. The van der Waals surface area contributed by atoms with Crippen LogP contribution >= 0.6 is 23.4 Å². The number of pyridine rings is 1. The number of hydrogen-bond donors (Lipinski definition) is 1. The van der Waals surface area contributed by atoms with Crippen molar-refractivity contribution in [3.8, 4) is 0 Å². The number of carbonyl (C=O) groups excluding carboxylic acids is 1. The number of para-hydroxylation sites is 2. The number of nitrogens with one attached hydrogen (secondary N) is 1. The van der Waals surface area contributed by atoms with E-state index < -0.39 is 0 Å². The predicted octanol–water partition coefficient (Wildman–Crippen LogP) is 4.58. The number of benzene rings is 2. The number of hydrogen-bond acceptors (Lipinski definition) is 4. The molecule has 26 heavy (non-hydrogen) atoms. The first kappa shape index (κ1) is 16.9. The van der Waals surface area contributed by atoms with Crippen molar-refractivity contribution in [2.75, 3.05) is 11.1 Å². The molecule has 7 heteroatoms. The number of aromatic nitrogens is 3. The van der Waals surface area contributed by atoms with Crippen LogP contribution in [0.5, 0.6) is 0 Å². The standard InChI is InChI=1S/C19H15ClN4OS/c1-12-10-17-22-23-19(24(17)16-9-5-2-6-13(12)16)26-11-18(25)21-15-8-4-3-7-14(15)20/h2-10H,11H2,1H3,(H,21,25). The number of rotatable bonds is 4. The molecule has 0 bridgehead atoms. The van der Waals surface area contributed by atoms with Gasteiger partial charge in [-0.3, -0.25) is 9.20 Å². The molecule has 0 unspecified atom stereocenters. The Morgan fingerprint density at radius 1 is 1.15 bits per heavy atom. The summed E-state index contributed by atoms with van der Waals surface area (Å²) < 4.78 is 1.98. The van der Waals surface area contributed by atoms with Gasteiger partial charge >= 0.3 is 0 Å². The van der Waals surface area contributed by atoms with Crippen molar-refractivity contribution < 1.29 is 4.79 Å². The highest BCUT2D eigenvalue weighted by atomic mass is 35.5. The molecule has 0 aliphatic carbocycles. The van der Waals surface area contributed by atoms with Gasteiger partial charge in [-0.25, -0.2) is 0 Å². The first-order valence-electron chi connectivity index (χ1n) is 8.04. The van der Waals surface area contributed by atoms with Crippen LogP contribution in [0.3, 0.4) is 0 Å². The van der Waals surface area contributed by atoms with Crippen molar-refractivity contribution in [1.82, 2.24) is 14.6 Å². The SMILES string of the molecule is Cc1cc2nnc(SCC(=O)Nc3ccccc3Cl)n2c2ccccc12. The number of amides is 1. The molecule has 0 aliphatic heterocycles. The van der Waals surface area contributed by atoms with Crippen molar-refractivity contribution in [3.05, 3.63) is 65.2 Å². The summed E-state index contributed by atoms with van der Waals surface area (Å²) in [4.78, 5) is 12.3. The lowest BCUT2D eigenvalue weighted by Crippen LogP contribution is -2.14. The van der Waals surface area contributed by atoms with E-state index in [9.17, 15) is 4.79 Å². The lowest BCUT2D eigenvalue weighted by atomic mass is 10.1. The fourth-order valence-corrected chi connectivity index (χ4v) is 3.78. The molecule has 2 aromatic carbocycles. The molecule has 0 radical (unpaired) electrons. The smallest absolute Gasteiger partial charge is 0.234 e. The number of anilines is 1. The molecule has 2 heterocycles. The summed E-state index contributed by atoms with van der Waals surface area (Å²) >= 11 is 7.42. The summed E-state index contributed by atoms with van der Waals surface area (Å²) in [5, 5.41) is 13.7. The van der Waals surface area contributed by atoms with Crippen molar-refractivity contribution in [2.24, 2.45) is 0 Å². The Morgan fingerprint density at radius 2 is 1.92 bits per heavy atom. The summed E-state index contributed by atoms with van der Waals surface area (Å²) in [5.41, 5.74) is 3.55. The Kier molecular flexibility index (Phi) is 4.53. The maximum atomic E-state index is 12.3. The van der Waals surface area contributed by atoms with E-state index in [1.807, 2.05) is 40.8 Å². The first-order valence-corrected chi connectivity index (χ1v) is 9.40. The van der Waals surface area contributed by atoms with Crippen LogP contribution in [-0.4, -0.2) is 26.3 Å². The molecule has 4 rings (SSSR count). The summed E-state index contributed by atoms with van der Waals surface area (Å²) in [6.07, 6.45) is 0. The van der Waals surface area contributed by atoms with Gasteiger partial charge in [0.1, 0.15) is 0 Å². The van der Waals surface area contributed by atoms with E-state index in [1.54, 1.807) is 12.1 Å². The van der Waals surface area contributed by atoms with Crippen LogP contribution < -0.4 is 5.32 Å². The molecule has 5 nitrogen and oxygen atoms in total. The Balaban J connectivity index is 1.59. The van der Waals surface area contributed by atoms with E-state index in [-0.39, 0.29) is 11.7 Å². The van der Waals surface area contributed by atoms with Crippen LogP contribution in [0.1, 0.15) is 5.56 Å². The molecule has 0 aliphatic rings. The van der Waals surface area contributed by atoms with Gasteiger partial charge in [0, 0.05) is 5.39 Å². The average molecular weight is 383 g/mol. The Bertz CT molecular complexity index is 1130. The second-order valence-electron chi connectivity index (χ2n) is 5.84. The average Bonchev–Trinajstić information content (AvgIpc) is 3.05. The zero-order chi connectivity index (χ0) is 18.1. The molecule has 4 aromatic rings. The monoisotopic (exact) mass is 382 g/mol. The molecular weight excluding hydrogens is 368 g/mol. The van der Waals surface area contributed by atoms with Gasteiger partial charge in [-0.2, -0.15) is 0 Å². The minimum Gasteiger partial charge on any atom is -0.324 e. The van der Waals surface area contributed by atoms with Crippen molar-refractivity contribution >= 4 is 51.5 Å². The third-order valence-corrected chi connectivity index (χ3v) is 5.31. The number of fused-ring (bicyclic) bond motifs is 3. The summed E-state index contributed by atoms with van der Waals surface area (Å²) in [7, 11) is 0. The minimum absolute atomic E-state index is 0.142. The highest BCUT2D eigenvalue weighted by Crippen LogP contribution is 2.26. The van der Waals surface area contributed by atoms with Gasteiger partial charge in [-0.1, -0.05) is 53.7 Å². The highest BCUT2D eigenvalue weighted by molar-refractivity contribution is 7.99. The van der Waals surface area contributed by atoms with E-state index in [0.29, 0.717) is 15.9 Å². The van der Waals surface area contributed by atoms with Crippen molar-refractivity contribution in [1.29, 1.82) is 0 Å². The zero-order valence-corrected chi connectivity index (χ0v) is 15.5.